The summed E-state index contributed by atoms with van der Waals surface area (Å²) < 4.78 is 16.1. The number of ether oxygens (including phenoxy) is 3. The Kier molecular flexibility index (Phi) is 7.19. The van der Waals surface area contributed by atoms with Gasteiger partial charge in [-0.3, -0.25) is 4.79 Å². The predicted molar refractivity (Wildman–Crippen MR) is 117 cm³/mol. The second kappa shape index (κ2) is 10.0. The number of nitrogens with one attached hydrogen (secondary N) is 1. The van der Waals surface area contributed by atoms with E-state index in [-0.39, 0.29) is 11.9 Å². The zero-order valence-corrected chi connectivity index (χ0v) is 18.2. The minimum Gasteiger partial charge on any atom is -0.493 e. The lowest BCUT2D eigenvalue weighted by molar-refractivity contribution is 0.0939. The molecule has 3 aromatic rings. The van der Waals surface area contributed by atoms with E-state index in [1.807, 2.05) is 61.5 Å². The number of nitrogens with zero attached hydrogens (tertiary/aromatic N) is 1. The van der Waals surface area contributed by atoms with Crippen LogP contribution in [-0.2, 0) is 0 Å². The van der Waals surface area contributed by atoms with E-state index >= 15 is 0 Å². The Bertz CT molecular complexity index is 969. The Morgan fingerprint density at radius 2 is 1.63 bits per heavy atom. The van der Waals surface area contributed by atoms with Crippen molar-refractivity contribution in [3.63, 3.8) is 0 Å². The fourth-order valence-corrected chi connectivity index (χ4v) is 3.69. The van der Waals surface area contributed by atoms with Crippen molar-refractivity contribution in [3.05, 3.63) is 71.9 Å². The van der Waals surface area contributed by atoms with Gasteiger partial charge in [-0.05, 0) is 61.0 Å². The van der Waals surface area contributed by atoms with Crippen LogP contribution in [0.5, 0.6) is 17.2 Å². The van der Waals surface area contributed by atoms with E-state index in [0.717, 1.165) is 15.5 Å². The monoisotopic (exact) mass is 424 g/mol. The zero-order valence-electron chi connectivity index (χ0n) is 17.3. The molecule has 1 unspecified atom stereocenters. The summed E-state index contributed by atoms with van der Waals surface area (Å²) in [7, 11) is 4.69. The number of hydrogen-bond donors (Lipinski definition) is 1. The van der Waals surface area contributed by atoms with E-state index in [4.69, 9.17) is 14.2 Å². The largest absolute Gasteiger partial charge is 0.493 e. The van der Waals surface area contributed by atoms with Crippen LogP contribution in [0.15, 0.2) is 70.7 Å². The fraction of sp³-hybridized carbons (Fsp3) is 0.217. The summed E-state index contributed by atoms with van der Waals surface area (Å²) in [5.41, 5.74) is 1.43. The Morgan fingerprint density at radius 3 is 2.17 bits per heavy atom. The molecule has 1 heterocycles. The molecule has 7 heteroatoms. The number of pyridine rings is 1. The van der Waals surface area contributed by atoms with E-state index in [1.165, 1.54) is 0 Å². The molecule has 1 atom stereocenters. The maximum atomic E-state index is 12.7. The number of carbonyl (C=O) groups excluding carboxylic acids is 1. The molecule has 0 saturated carbocycles. The van der Waals surface area contributed by atoms with Gasteiger partial charge in [0, 0.05) is 16.7 Å². The van der Waals surface area contributed by atoms with E-state index in [2.05, 4.69) is 10.3 Å². The van der Waals surface area contributed by atoms with Crippen molar-refractivity contribution in [2.24, 2.45) is 0 Å². The van der Waals surface area contributed by atoms with Crippen molar-refractivity contribution in [3.8, 4) is 17.2 Å². The second-order valence-corrected chi connectivity index (χ2v) is 7.54. The number of amides is 1. The van der Waals surface area contributed by atoms with Crippen molar-refractivity contribution in [1.82, 2.24) is 10.3 Å². The van der Waals surface area contributed by atoms with E-state index in [9.17, 15) is 4.79 Å². The highest BCUT2D eigenvalue weighted by Crippen LogP contribution is 2.39. The third-order valence-electron chi connectivity index (χ3n) is 4.51. The van der Waals surface area contributed by atoms with Crippen LogP contribution in [0.3, 0.4) is 0 Å². The van der Waals surface area contributed by atoms with Gasteiger partial charge in [0.25, 0.3) is 5.91 Å². The Hall–Kier alpha value is -3.19. The number of hydrogen-bond acceptors (Lipinski definition) is 6. The number of carbonyl (C=O) groups is 1. The molecule has 0 fully saturated rings. The standard InChI is InChI=1S/C23H24N2O4S/c1-15(17-13-19(27-2)22(29-4)20(14-17)28-3)25-23(26)16-8-10-18(11-9-16)30-21-7-5-6-12-24-21/h5-15H,1-4H3,(H,25,26). The molecule has 156 valence electrons. The highest BCUT2D eigenvalue weighted by atomic mass is 32.2. The summed E-state index contributed by atoms with van der Waals surface area (Å²) in [6.45, 7) is 1.91. The van der Waals surface area contributed by atoms with E-state index in [0.29, 0.717) is 22.8 Å². The van der Waals surface area contributed by atoms with Gasteiger partial charge in [0.1, 0.15) is 5.03 Å². The summed E-state index contributed by atoms with van der Waals surface area (Å²) in [5, 5.41) is 3.92. The quantitative estimate of drug-likeness (QED) is 0.563. The van der Waals surface area contributed by atoms with Crippen LogP contribution < -0.4 is 19.5 Å². The first-order chi connectivity index (χ1) is 14.5. The van der Waals surface area contributed by atoms with Gasteiger partial charge < -0.3 is 19.5 Å². The first-order valence-corrected chi connectivity index (χ1v) is 10.2. The Balaban J connectivity index is 1.71. The van der Waals surface area contributed by atoms with Crippen molar-refractivity contribution in [2.75, 3.05) is 21.3 Å². The molecule has 0 saturated heterocycles. The fourth-order valence-electron chi connectivity index (χ4n) is 2.92. The van der Waals surface area contributed by atoms with Crippen molar-refractivity contribution >= 4 is 17.7 Å². The third-order valence-corrected chi connectivity index (χ3v) is 5.47. The zero-order chi connectivity index (χ0) is 21.5. The third kappa shape index (κ3) is 5.04. The molecule has 0 bridgehead atoms. The highest BCUT2D eigenvalue weighted by Gasteiger charge is 2.18. The summed E-state index contributed by atoms with van der Waals surface area (Å²) in [6.07, 6.45) is 1.76. The van der Waals surface area contributed by atoms with Crippen LogP contribution in [0.1, 0.15) is 28.9 Å². The molecule has 0 aliphatic rings. The molecular weight excluding hydrogens is 400 g/mol. The average Bonchev–Trinajstić information content (AvgIpc) is 2.79. The summed E-state index contributed by atoms with van der Waals surface area (Å²) in [6, 6.07) is 16.6. The number of methoxy groups -OCH3 is 3. The van der Waals surface area contributed by atoms with E-state index in [1.54, 1.807) is 39.3 Å². The van der Waals surface area contributed by atoms with Crippen LogP contribution >= 0.6 is 11.8 Å². The Morgan fingerprint density at radius 1 is 0.967 bits per heavy atom. The van der Waals surface area contributed by atoms with Gasteiger partial charge in [-0.1, -0.05) is 17.8 Å². The smallest absolute Gasteiger partial charge is 0.251 e. The minimum atomic E-state index is -0.256. The number of aromatic nitrogens is 1. The molecule has 6 nitrogen and oxygen atoms in total. The summed E-state index contributed by atoms with van der Waals surface area (Å²) >= 11 is 1.55. The highest BCUT2D eigenvalue weighted by molar-refractivity contribution is 7.99. The van der Waals surface area contributed by atoms with Gasteiger partial charge in [-0.2, -0.15) is 0 Å². The molecule has 1 aromatic heterocycles. The molecule has 0 aliphatic heterocycles. The molecule has 3 rings (SSSR count). The van der Waals surface area contributed by atoms with Crippen molar-refractivity contribution in [2.45, 2.75) is 22.9 Å². The second-order valence-electron chi connectivity index (χ2n) is 6.45. The van der Waals surface area contributed by atoms with Crippen molar-refractivity contribution in [1.29, 1.82) is 0 Å². The topological polar surface area (TPSA) is 69.7 Å². The lowest BCUT2D eigenvalue weighted by Gasteiger charge is -2.19. The first kappa shape index (κ1) is 21.5. The maximum absolute atomic E-state index is 12.7. The van der Waals surface area contributed by atoms with Crippen LogP contribution in [0.4, 0.5) is 0 Å². The van der Waals surface area contributed by atoms with Gasteiger partial charge in [0.2, 0.25) is 5.75 Å². The van der Waals surface area contributed by atoms with Crippen LogP contribution in [-0.4, -0.2) is 32.2 Å². The lowest BCUT2D eigenvalue weighted by atomic mass is 10.1. The molecule has 0 radical (unpaired) electrons. The maximum Gasteiger partial charge on any atom is 0.251 e. The van der Waals surface area contributed by atoms with Gasteiger partial charge in [0.05, 0.1) is 27.4 Å². The summed E-state index contributed by atoms with van der Waals surface area (Å²) in [4.78, 5) is 18.0. The van der Waals surface area contributed by atoms with Crippen LogP contribution in [0.2, 0.25) is 0 Å². The molecule has 30 heavy (non-hydrogen) atoms. The first-order valence-electron chi connectivity index (χ1n) is 9.35. The van der Waals surface area contributed by atoms with Gasteiger partial charge in [0.15, 0.2) is 11.5 Å². The lowest BCUT2D eigenvalue weighted by Crippen LogP contribution is -2.26. The predicted octanol–water partition coefficient (Wildman–Crippen LogP) is 4.75. The van der Waals surface area contributed by atoms with Crippen molar-refractivity contribution < 1.29 is 19.0 Å². The van der Waals surface area contributed by atoms with Gasteiger partial charge >= 0.3 is 0 Å². The van der Waals surface area contributed by atoms with Gasteiger partial charge in [-0.15, -0.1) is 0 Å². The average molecular weight is 425 g/mol. The van der Waals surface area contributed by atoms with Crippen LogP contribution in [0.25, 0.3) is 0 Å². The molecule has 2 aromatic carbocycles. The molecule has 1 amide bonds. The normalized spacial score (nSPS) is 11.5. The number of rotatable bonds is 8. The minimum absolute atomic E-state index is 0.161. The van der Waals surface area contributed by atoms with Gasteiger partial charge in [-0.25, -0.2) is 4.98 Å². The van der Waals surface area contributed by atoms with E-state index < -0.39 is 0 Å². The Labute approximate surface area is 180 Å². The molecular formula is C23H24N2O4S. The molecule has 1 N–H and O–H groups in total. The molecule has 0 spiro atoms. The summed E-state index contributed by atoms with van der Waals surface area (Å²) in [5.74, 6) is 1.45. The SMILES string of the molecule is COc1cc(C(C)NC(=O)c2ccc(Sc3ccccn3)cc2)cc(OC)c1OC. The molecule has 0 aliphatic carbocycles. The van der Waals surface area contributed by atoms with Crippen LogP contribution in [0, 0.1) is 0 Å². The number of benzene rings is 2.